The van der Waals surface area contributed by atoms with Crippen molar-refractivity contribution in [2.24, 2.45) is 4.99 Å². The number of morpholine rings is 1. The predicted octanol–water partition coefficient (Wildman–Crippen LogP) is 4.84. The number of nitrogens with zero attached hydrogens (tertiary/aromatic N) is 4. The highest BCUT2D eigenvalue weighted by Gasteiger charge is 2.19. The van der Waals surface area contributed by atoms with Crippen LogP contribution in [0.1, 0.15) is 11.1 Å². The zero-order chi connectivity index (χ0) is 23.6. The third-order valence-electron chi connectivity index (χ3n) is 6.21. The summed E-state index contributed by atoms with van der Waals surface area (Å²) >= 11 is 0. The van der Waals surface area contributed by atoms with E-state index < -0.39 is 0 Å². The van der Waals surface area contributed by atoms with E-state index in [9.17, 15) is 4.79 Å². The number of benzene rings is 3. The van der Waals surface area contributed by atoms with Crippen molar-refractivity contribution in [2.45, 2.75) is 6.54 Å². The largest absolute Gasteiger partial charge is 0.378 e. The summed E-state index contributed by atoms with van der Waals surface area (Å²) in [5.74, 6) is 1.24. The zero-order valence-electron chi connectivity index (χ0n) is 19.1. The molecule has 1 saturated heterocycles. The molecule has 0 spiro atoms. The molecule has 1 aromatic heterocycles. The highest BCUT2D eigenvalue weighted by molar-refractivity contribution is 5.96. The number of aliphatic imine (C=N–C) groups is 1. The third-order valence-corrected chi connectivity index (χ3v) is 6.21. The molecule has 2 aliphatic rings. The van der Waals surface area contributed by atoms with Crippen molar-refractivity contribution < 1.29 is 9.53 Å². The van der Waals surface area contributed by atoms with Gasteiger partial charge in [-0.05, 0) is 47.5 Å². The van der Waals surface area contributed by atoms with Gasteiger partial charge in [0.2, 0.25) is 0 Å². The lowest BCUT2D eigenvalue weighted by atomic mass is 10.1. The molecule has 3 heterocycles. The number of ether oxygens (including phenoxy) is 1. The molecule has 6 rings (SSSR count). The number of amides is 2. The molecule has 1 fully saturated rings. The Kier molecular flexibility index (Phi) is 5.56. The van der Waals surface area contributed by atoms with Crippen LogP contribution in [0.5, 0.6) is 0 Å². The molecule has 2 aliphatic heterocycles. The van der Waals surface area contributed by atoms with Crippen LogP contribution in [0.2, 0.25) is 0 Å². The van der Waals surface area contributed by atoms with Gasteiger partial charge in [-0.1, -0.05) is 30.3 Å². The highest BCUT2D eigenvalue weighted by atomic mass is 16.5. The number of hydrogen-bond donors (Lipinski definition) is 2. The molecular weight excluding hydrogens is 440 g/mol. The van der Waals surface area contributed by atoms with E-state index in [1.807, 2.05) is 60.8 Å². The average molecular weight is 465 g/mol. The Morgan fingerprint density at radius 1 is 0.943 bits per heavy atom. The van der Waals surface area contributed by atoms with Crippen LogP contribution in [-0.2, 0) is 11.3 Å². The van der Waals surface area contributed by atoms with E-state index in [1.165, 1.54) is 5.56 Å². The Hall–Kier alpha value is -4.30. The van der Waals surface area contributed by atoms with Crippen LogP contribution in [0, 0.1) is 0 Å². The second-order valence-corrected chi connectivity index (χ2v) is 8.50. The Morgan fingerprint density at radius 3 is 2.69 bits per heavy atom. The minimum atomic E-state index is -0.153. The normalized spacial score (nSPS) is 14.7. The maximum atomic E-state index is 12.9. The van der Waals surface area contributed by atoms with Crippen molar-refractivity contribution in [1.82, 2.24) is 14.9 Å². The first-order valence-electron chi connectivity index (χ1n) is 11.6. The fraction of sp³-hybridized carbons (Fsp3) is 0.185. The number of nitrogens with one attached hydrogen (secondary N) is 2. The first-order valence-corrected chi connectivity index (χ1v) is 11.6. The number of anilines is 3. The number of fused-ring (bicyclic) bond motifs is 2. The van der Waals surface area contributed by atoms with E-state index in [0.717, 1.165) is 34.3 Å². The number of urea groups is 1. The molecule has 2 amide bonds. The first kappa shape index (κ1) is 21.2. The van der Waals surface area contributed by atoms with Crippen LogP contribution >= 0.6 is 0 Å². The Labute approximate surface area is 202 Å². The molecule has 0 aliphatic carbocycles. The Morgan fingerprint density at radius 2 is 1.77 bits per heavy atom. The lowest BCUT2D eigenvalue weighted by Crippen LogP contribution is -2.43. The second kappa shape index (κ2) is 9.15. The molecule has 174 valence electrons. The van der Waals surface area contributed by atoms with Gasteiger partial charge in [-0.3, -0.25) is 4.99 Å². The van der Waals surface area contributed by atoms with Gasteiger partial charge in [0.1, 0.15) is 5.82 Å². The molecule has 35 heavy (non-hydrogen) atoms. The van der Waals surface area contributed by atoms with E-state index in [1.54, 1.807) is 4.90 Å². The summed E-state index contributed by atoms with van der Waals surface area (Å²) in [7, 11) is 0. The van der Waals surface area contributed by atoms with E-state index in [4.69, 9.17) is 14.7 Å². The number of para-hydroxylation sites is 2. The van der Waals surface area contributed by atoms with Crippen LogP contribution in [0.15, 0.2) is 71.7 Å². The average Bonchev–Trinajstić information content (AvgIpc) is 3.37. The van der Waals surface area contributed by atoms with Crippen molar-refractivity contribution in [1.29, 1.82) is 0 Å². The SMILES string of the molecule is O=C(Nc1ccccc1-c1nc(Nc2ccc3c(c2)C=NC3)c2ccccc2n1)N1CCOCC1. The molecule has 8 nitrogen and oxygen atoms in total. The van der Waals surface area contributed by atoms with Gasteiger partial charge < -0.3 is 20.3 Å². The number of rotatable bonds is 4. The van der Waals surface area contributed by atoms with Crippen LogP contribution in [0.4, 0.5) is 22.0 Å². The fourth-order valence-electron chi connectivity index (χ4n) is 4.36. The van der Waals surface area contributed by atoms with Gasteiger partial charge in [0.05, 0.1) is 31.0 Å². The van der Waals surface area contributed by atoms with E-state index in [0.29, 0.717) is 43.6 Å². The predicted molar refractivity (Wildman–Crippen MR) is 137 cm³/mol. The van der Waals surface area contributed by atoms with Gasteiger partial charge in [0.25, 0.3) is 0 Å². The maximum Gasteiger partial charge on any atom is 0.322 e. The lowest BCUT2D eigenvalue weighted by molar-refractivity contribution is 0.0564. The van der Waals surface area contributed by atoms with Gasteiger partial charge >= 0.3 is 6.03 Å². The fourth-order valence-corrected chi connectivity index (χ4v) is 4.36. The van der Waals surface area contributed by atoms with Crippen LogP contribution in [0.25, 0.3) is 22.3 Å². The zero-order valence-corrected chi connectivity index (χ0v) is 19.1. The molecule has 3 aromatic carbocycles. The number of aromatic nitrogens is 2. The van der Waals surface area contributed by atoms with E-state index in [-0.39, 0.29) is 6.03 Å². The minimum Gasteiger partial charge on any atom is -0.378 e. The lowest BCUT2D eigenvalue weighted by Gasteiger charge is -2.27. The summed E-state index contributed by atoms with van der Waals surface area (Å²) in [6.07, 6.45) is 1.90. The maximum absolute atomic E-state index is 12.9. The van der Waals surface area contributed by atoms with Crippen LogP contribution < -0.4 is 10.6 Å². The molecule has 0 unspecified atom stereocenters. The van der Waals surface area contributed by atoms with Crippen molar-refractivity contribution in [3.05, 3.63) is 77.9 Å². The van der Waals surface area contributed by atoms with Gasteiger partial charge in [-0.25, -0.2) is 14.8 Å². The summed E-state index contributed by atoms with van der Waals surface area (Å²) in [4.78, 5) is 28.7. The second-order valence-electron chi connectivity index (χ2n) is 8.50. The number of hydrogen-bond acceptors (Lipinski definition) is 6. The molecule has 8 heteroatoms. The van der Waals surface area contributed by atoms with Crippen molar-refractivity contribution in [3.8, 4) is 11.4 Å². The van der Waals surface area contributed by atoms with Gasteiger partial charge in [-0.15, -0.1) is 0 Å². The standard InChI is InChI=1S/C27H24N6O2/c34-27(33-11-13-35-14-12-33)31-24-8-4-2-6-22(24)26-30-23-7-3-1-5-21(23)25(32-26)29-20-10-9-18-16-28-17-19(18)15-20/h1-10,15,17H,11-14,16H2,(H,31,34)(H,29,30,32). The number of carbonyl (C=O) groups excluding carboxylic acids is 1. The van der Waals surface area contributed by atoms with Crippen molar-refractivity contribution in [2.75, 3.05) is 36.9 Å². The molecule has 0 atom stereocenters. The Bertz CT molecular complexity index is 1450. The van der Waals surface area contributed by atoms with Crippen LogP contribution in [0.3, 0.4) is 0 Å². The third kappa shape index (κ3) is 4.31. The van der Waals surface area contributed by atoms with Gasteiger partial charge in [-0.2, -0.15) is 0 Å². The first-order chi connectivity index (χ1) is 17.2. The molecule has 2 N–H and O–H groups in total. The highest BCUT2D eigenvalue weighted by Crippen LogP contribution is 2.31. The quantitative estimate of drug-likeness (QED) is 0.451. The molecular formula is C27H24N6O2. The molecule has 0 saturated carbocycles. The molecule has 0 radical (unpaired) electrons. The summed E-state index contributed by atoms with van der Waals surface area (Å²) in [5, 5.41) is 7.43. The van der Waals surface area contributed by atoms with Crippen LogP contribution in [-0.4, -0.2) is 53.4 Å². The minimum absolute atomic E-state index is 0.153. The topological polar surface area (TPSA) is 91.7 Å². The summed E-state index contributed by atoms with van der Waals surface area (Å²) in [6, 6.07) is 21.6. The van der Waals surface area contributed by atoms with Crippen molar-refractivity contribution in [3.63, 3.8) is 0 Å². The Balaban J connectivity index is 1.37. The van der Waals surface area contributed by atoms with Gasteiger partial charge in [0.15, 0.2) is 5.82 Å². The summed E-state index contributed by atoms with van der Waals surface area (Å²) < 4.78 is 5.36. The van der Waals surface area contributed by atoms with E-state index >= 15 is 0 Å². The monoisotopic (exact) mass is 464 g/mol. The summed E-state index contributed by atoms with van der Waals surface area (Å²) in [5.41, 5.74) is 5.50. The van der Waals surface area contributed by atoms with Crippen molar-refractivity contribution >= 4 is 40.3 Å². The van der Waals surface area contributed by atoms with E-state index in [2.05, 4.69) is 27.8 Å². The number of carbonyl (C=O) groups is 1. The molecule has 0 bridgehead atoms. The smallest absolute Gasteiger partial charge is 0.322 e. The molecule has 4 aromatic rings. The van der Waals surface area contributed by atoms with Gasteiger partial charge in [0, 0.05) is 35.9 Å². The summed E-state index contributed by atoms with van der Waals surface area (Å²) in [6.45, 7) is 2.96.